The van der Waals surface area contributed by atoms with Gasteiger partial charge in [-0.25, -0.2) is 21.8 Å². The molecule has 176 valence electrons. The van der Waals surface area contributed by atoms with Crippen molar-refractivity contribution in [2.45, 2.75) is 28.9 Å². The van der Waals surface area contributed by atoms with Crippen LogP contribution in [0.2, 0.25) is 0 Å². The summed E-state index contributed by atoms with van der Waals surface area (Å²) in [5.74, 6) is 0.130. The quantitative estimate of drug-likeness (QED) is 0.413. The first-order valence-electron chi connectivity index (χ1n) is 10.3. The Morgan fingerprint density at radius 2 is 1.74 bits per heavy atom. The lowest BCUT2D eigenvalue weighted by molar-refractivity contribution is 0.587. The van der Waals surface area contributed by atoms with E-state index in [2.05, 4.69) is 20.3 Å². The van der Waals surface area contributed by atoms with Crippen molar-refractivity contribution in [1.82, 2.24) is 15.0 Å². The van der Waals surface area contributed by atoms with Gasteiger partial charge in [0.2, 0.25) is 0 Å². The van der Waals surface area contributed by atoms with Crippen LogP contribution in [0.4, 0.5) is 11.5 Å². The van der Waals surface area contributed by atoms with Crippen molar-refractivity contribution in [2.75, 3.05) is 11.6 Å². The van der Waals surface area contributed by atoms with E-state index in [1.54, 1.807) is 44.2 Å². The van der Waals surface area contributed by atoms with Crippen LogP contribution < -0.4 is 10.9 Å². The SMILES string of the molecule is CC(C)S(=O)(=O)c1ccccc1Nc1nc(-c2cncc(S(C)(=O)=O)c2)cc2cc[nH]c(=O)c12. The van der Waals surface area contributed by atoms with E-state index in [-0.39, 0.29) is 26.7 Å². The predicted octanol–water partition coefficient (Wildman–Crippen LogP) is 3.31. The van der Waals surface area contributed by atoms with Crippen LogP contribution in [-0.2, 0) is 19.7 Å². The fraction of sp³-hybridized carbons (Fsp3) is 0.174. The summed E-state index contributed by atoms with van der Waals surface area (Å²) >= 11 is 0. The van der Waals surface area contributed by atoms with Crippen LogP contribution in [0, 0.1) is 0 Å². The predicted molar refractivity (Wildman–Crippen MR) is 131 cm³/mol. The number of nitrogens with one attached hydrogen (secondary N) is 2. The number of sulfone groups is 2. The number of hydrogen-bond donors (Lipinski definition) is 2. The average Bonchev–Trinajstić information content (AvgIpc) is 2.78. The summed E-state index contributed by atoms with van der Waals surface area (Å²) in [6, 6.07) is 11.2. The van der Waals surface area contributed by atoms with Gasteiger partial charge in [-0.3, -0.25) is 9.78 Å². The second kappa shape index (κ2) is 8.65. The molecule has 2 N–H and O–H groups in total. The Balaban J connectivity index is 1.95. The monoisotopic (exact) mass is 498 g/mol. The smallest absolute Gasteiger partial charge is 0.259 e. The topological polar surface area (TPSA) is 139 Å². The van der Waals surface area contributed by atoms with Crippen LogP contribution in [-0.4, -0.2) is 43.3 Å². The van der Waals surface area contributed by atoms with Gasteiger partial charge in [-0.1, -0.05) is 12.1 Å². The minimum atomic E-state index is -3.63. The first-order chi connectivity index (χ1) is 16.0. The molecule has 0 atom stereocenters. The Kier molecular flexibility index (Phi) is 6.00. The number of para-hydroxylation sites is 1. The lowest BCUT2D eigenvalue weighted by Crippen LogP contribution is -2.16. The molecule has 0 fully saturated rings. The van der Waals surface area contributed by atoms with Crippen LogP contribution in [0.5, 0.6) is 0 Å². The van der Waals surface area contributed by atoms with Crippen LogP contribution in [0.3, 0.4) is 0 Å². The Morgan fingerprint density at radius 3 is 2.44 bits per heavy atom. The Labute approximate surface area is 196 Å². The molecule has 0 aliphatic heterocycles. The van der Waals surface area contributed by atoms with Crippen LogP contribution in [0.1, 0.15) is 13.8 Å². The first kappa shape index (κ1) is 23.6. The zero-order valence-electron chi connectivity index (χ0n) is 18.6. The highest BCUT2D eigenvalue weighted by Gasteiger charge is 2.23. The molecule has 4 aromatic rings. The summed E-state index contributed by atoms with van der Waals surface area (Å²) in [5, 5.41) is 3.13. The zero-order valence-corrected chi connectivity index (χ0v) is 20.2. The molecule has 0 unspecified atom stereocenters. The number of fused-ring (bicyclic) bond motifs is 1. The molecule has 0 radical (unpaired) electrons. The summed E-state index contributed by atoms with van der Waals surface area (Å²) in [6.45, 7) is 3.18. The number of anilines is 2. The minimum absolute atomic E-state index is 0.0284. The molecule has 34 heavy (non-hydrogen) atoms. The number of nitrogens with zero attached hydrogens (tertiary/aromatic N) is 2. The van der Waals surface area contributed by atoms with Gasteiger partial charge in [0.1, 0.15) is 5.82 Å². The van der Waals surface area contributed by atoms with Crippen molar-refractivity contribution in [3.8, 4) is 11.3 Å². The van der Waals surface area contributed by atoms with Gasteiger partial charge < -0.3 is 10.3 Å². The van der Waals surface area contributed by atoms with Crippen molar-refractivity contribution in [3.05, 3.63) is 71.4 Å². The van der Waals surface area contributed by atoms with E-state index in [9.17, 15) is 21.6 Å². The van der Waals surface area contributed by atoms with E-state index >= 15 is 0 Å². The fourth-order valence-corrected chi connectivity index (χ4v) is 5.21. The molecule has 1 aromatic carbocycles. The number of H-pyrrole nitrogens is 1. The number of aromatic amines is 1. The summed E-state index contributed by atoms with van der Waals surface area (Å²) in [7, 11) is -7.13. The van der Waals surface area contributed by atoms with Crippen LogP contribution in [0.25, 0.3) is 22.0 Å². The Bertz CT molecular complexity index is 1680. The van der Waals surface area contributed by atoms with Gasteiger partial charge in [0.25, 0.3) is 5.56 Å². The van der Waals surface area contributed by atoms with E-state index in [4.69, 9.17) is 0 Å². The minimum Gasteiger partial charge on any atom is -0.338 e. The first-order valence-corrected chi connectivity index (χ1v) is 13.7. The lowest BCUT2D eigenvalue weighted by Gasteiger charge is -2.16. The Hall–Kier alpha value is -3.57. The maximum atomic E-state index is 12.9. The van der Waals surface area contributed by atoms with Crippen LogP contribution >= 0.6 is 0 Å². The molecule has 11 heteroatoms. The van der Waals surface area contributed by atoms with Gasteiger partial charge in [0.15, 0.2) is 19.7 Å². The summed E-state index contributed by atoms with van der Waals surface area (Å²) in [5.41, 5.74) is 0.652. The molecule has 9 nitrogen and oxygen atoms in total. The highest BCUT2D eigenvalue weighted by atomic mass is 32.2. The maximum Gasteiger partial charge on any atom is 0.259 e. The van der Waals surface area contributed by atoms with E-state index < -0.39 is 30.5 Å². The highest BCUT2D eigenvalue weighted by molar-refractivity contribution is 7.92. The molecule has 0 bridgehead atoms. The lowest BCUT2D eigenvalue weighted by atomic mass is 10.1. The summed E-state index contributed by atoms with van der Waals surface area (Å²) in [4.78, 5) is 24.0. The number of rotatable bonds is 6. The number of hydrogen-bond acceptors (Lipinski definition) is 8. The molecule has 0 aliphatic carbocycles. The third-order valence-electron chi connectivity index (χ3n) is 5.26. The van der Waals surface area contributed by atoms with Gasteiger partial charge in [0.05, 0.1) is 31.8 Å². The molecule has 0 amide bonds. The van der Waals surface area contributed by atoms with Gasteiger partial charge >= 0.3 is 0 Å². The second-order valence-electron chi connectivity index (χ2n) is 8.02. The van der Waals surface area contributed by atoms with Gasteiger partial charge in [-0.2, -0.15) is 0 Å². The molecular weight excluding hydrogens is 476 g/mol. The second-order valence-corrected chi connectivity index (χ2v) is 12.5. The average molecular weight is 499 g/mol. The summed E-state index contributed by atoms with van der Waals surface area (Å²) in [6.07, 6.45) is 5.29. The maximum absolute atomic E-state index is 12.9. The normalized spacial score (nSPS) is 12.2. The van der Waals surface area contributed by atoms with Crippen molar-refractivity contribution < 1.29 is 16.8 Å². The number of pyridine rings is 3. The van der Waals surface area contributed by atoms with E-state index in [0.717, 1.165) is 6.26 Å². The molecule has 3 aromatic heterocycles. The molecule has 3 heterocycles. The van der Waals surface area contributed by atoms with Crippen molar-refractivity contribution in [1.29, 1.82) is 0 Å². The zero-order chi connectivity index (χ0) is 24.7. The van der Waals surface area contributed by atoms with Gasteiger partial charge in [-0.05, 0) is 49.6 Å². The Morgan fingerprint density at radius 1 is 1.00 bits per heavy atom. The molecular formula is C23H22N4O5S2. The molecule has 0 saturated heterocycles. The van der Waals surface area contributed by atoms with Crippen molar-refractivity contribution in [3.63, 3.8) is 0 Å². The van der Waals surface area contributed by atoms with Crippen LogP contribution in [0.15, 0.2) is 75.6 Å². The van der Waals surface area contributed by atoms with E-state index in [1.807, 2.05) is 0 Å². The number of aromatic nitrogens is 3. The van der Waals surface area contributed by atoms with E-state index in [0.29, 0.717) is 16.6 Å². The third kappa shape index (κ3) is 4.44. The summed E-state index contributed by atoms with van der Waals surface area (Å²) < 4.78 is 49.8. The largest absolute Gasteiger partial charge is 0.338 e. The standard InChI is InChI=1S/C23H22N4O5S2/c1-14(2)34(31,32)20-7-5-4-6-18(20)26-22-21-15(8-9-25-23(21)28)11-19(27-22)16-10-17(13-24-12-16)33(3,29)30/h4-14H,1-3H3,(H,25,28)(H,26,27). The highest BCUT2D eigenvalue weighted by Crippen LogP contribution is 2.31. The molecule has 0 saturated carbocycles. The number of benzene rings is 1. The third-order valence-corrected chi connectivity index (χ3v) is 8.55. The fourth-order valence-electron chi connectivity index (χ4n) is 3.41. The molecule has 0 aliphatic rings. The molecule has 4 rings (SSSR count). The van der Waals surface area contributed by atoms with Crippen molar-refractivity contribution in [2.24, 2.45) is 0 Å². The van der Waals surface area contributed by atoms with E-state index in [1.165, 1.54) is 30.7 Å². The molecule has 0 spiro atoms. The van der Waals surface area contributed by atoms with Gasteiger partial charge in [-0.15, -0.1) is 0 Å². The van der Waals surface area contributed by atoms with Gasteiger partial charge in [0, 0.05) is 30.4 Å². The van der Waals surface area contributed by atoms with Crippen molar-refractivity contribution >= 4 is 42.0 Å².